The van der Waals surface area contributed by atoms with Crippen LogP contribution in [0.4, 0.5) is 0 Å². The topological polar surface area (TPSA) is 223 Å². The van der Waals surface area contributed by atoms with Crippen molar-refractivity contribution in [1.29, 1.82) is 0 Å². The van der Waals surface area contributed by atoms with Crippen molar-refractivity contribution in [3.05, 3.63) is 60.2 Å². The Kier molecular flexibility index (Phi) is 12.5. The number of carboxylic acids is 3. The molecule has 14 nitrogen and oxygen atoms in total. The Morgan fingerprint density at radius 2 is 1.67 bits per heavy atom. The van der Waals surface area contributed by atoms with Crippen LogP contribution in [0.1, 0.15) is 65.9 Å². The summed E-state index contributed by atoms with van der Waals surface area (Å²) in [4.78, 5) is 63.0. The van der Waals surface area contributed by atoms with Gasteiger partial charge in [0.15, 0.2) is 6.10 Å². The fourth-order valence-electron chi connectivity index (χ4n) is 6.58. The minimum Gasteiger partial charge on any atom is -0.479 e. The summed E-state index contributed by atoms with van der Waals surface area (Å²) in [7, 11) is 0. The molecule has 5 N–H and O–H groups in total. The average Bonchev–Trinajstić information content (AvgIpc) is 3.25. The molecule has 10 atom stereocenters. The molecule has 2 bridgehead atoms. The van der Waals surface area contributed by atoms with E-state index in [0.717, 1.165) is 18.1 Å². The van der Waals surface area contributed by atoms with Crippen molar-refractivity contribution in [3.63, 3.8) is 0 Å². The van der Waals surface area contributed by atoms with E-state index in [-0.39, 0.29) is 23.8 Å². The number of hydrogen-bond donors (Lipinski definition) is 5. The number of fused-ring (bicyclic) bond motifs is 2. The number of aliphatic carboxylic acids is 3. The van der Waals surface area contributed by atoms with Gasteiger partial charge in [0, 0.05) is 25.3 Å². The first-order chi connectivity index (χ1) is 22.9. The lowest BCUT2D eigenvalue weighted by molar-refractivity contribution is -0.374. The number of carboxylic acid groups (broad SMARTS) is 3. The van der Waals surface area contributed by atoms with Gasteiger partial charge in [-0.3, -0.25) is 4.79 Å². The maximum atomic E-state index is 13.0. The molecule has 1 aromatic rings. The smallest absolute Gasteiger partial charge is 0.344 e. The molecule has 2 aliphatic heterocycles. The number of esters is 2. The predicted octanol–water partition coefficient (Wildman–Crippen LogP) is 2.88. The second-order valence-corrected chi connectivity index (χ2v) is 13.1. The summed E-state index contributed by atoms with van der Waals surface area (Å²) >= 11 is 0. The molecule has 1 aromatic carbocycles. The zero-order valence-electron chi connectivity index (χ0n) is 28.2. The van der Waals surface area contributed by atoms with Crippen LogP contribution in [0.15, 0.2) is 54.6 Å². The maximum absolute atomic E-state index is 13.0. The van der Waals surface area contributed by atoms with E-state index in [9.17, 15) is 49.5 Å². The van der Waals surface area contributed by atoms with E-state index >= 15 is 0 Å². The van der Waals surface area contributed by atoms with Crippen LogP contribution < -0.4 is 0 Å². The Bertz CT molecular complexity index is 1440. The summed E-state index contributed by atoms with van der Waals surface area (Å²) < 4.78 is 22.0. The molecule has 2 saturated heterocycles. The minimum atomic E-state index is -3.90. The highest BCUT2D eigenvalue weighted by Gasteiger charge is 2.85. The first kappa shape index (κ1) is 39.3. The van der Waals surface area contributed by atoms with E-state index in [1.165, 1.54) is 13.0 Å². The van der Waals surface area contributed by atoms with Gasteiger partial charge in [0.25, 0.3) is 0 Å². The zero-order chi connectivity index (χ0) is 36.9. The van der Waals surface area contributed by atoms with E-state index in [2.05, 4.69) is 6.58 Å². The van der Waals surface area contributed by atoms with E-state index < -0.39 is 77.7 Å². The highest BCUT2D eigenvalue weighted by atomic mass is 16.9. The van der Waals surface area contributed by atoms with Crippen molar-refractivity contribution in [2.45, 2.75) is 108 Å². The molecule has 2 heterocycles. The van der Waals surface area contributed by atoms with Crippen molar-refractivity contribution < 1.29 is 68.5 Å². The normalized spacial score (nSPS) is 30.1. The Morgan fingerprint density at radius 3 is 2.20 bits per heavy atom. The highest BCUT2D eigenvalue weighted by Crippen LogP contribution is 2.56. The molecular weight excluding hydrogens is 657 g/mol. The van der Waals surface area contributed by atoms with E-state index in [4.69, 9.17) is 18.9 Å². The van der Waals surface area contributed by atoms with Gasteiger partial charge in [0.05, 0.1) is 0 Å². The average molecular weight is 704 g/mol. The summed E-state index contributed by atoms with van der Waals surface area (Å²) in [5.41, 5.74) is -6.27. The van der Waals surface area contributed by atoms with Crippen LogP contribution in [-0.4, -0.2) is 96.8 Å². The van der Waals surface area contributed by atoms with Crippen LogP contribution in [0, 0.1) is 17.8 Å². The van der Waals surface area contributed by atoms with E-state index in [1.807, 2.05) is 51.1 Å². The highest BCUT2D eigenvalue weighted by molar-refractivity contribution is 5.98. The summed E-state index contributed by atoms with van der Waals surface area (Å²) in [6.07, 6.45) is -4.83. The fraction of sp³-hybridized carbons (Fsp3) is 0.571. The zero-order valence-corrected chi connectivity index (χ0v) is 28.2. The Labute approximate surface area is 284 Å². The van der Waals surface area contributed by atoms with Crippen molar-refractivity contribution >= 4 is 29.8 Å². The molecule has 14 heteroatoms. The van der Waals surface area contributed by atoms with Gasteiger partial charge < -0.3 is 44.5 Å². The number of carbonyl (C=O) groups is 5. The van der Waals surface area contributed by atoms with E-state index in [1.54, 1.807) is 6.92 Å². The number of aliphatic hydroxyl groups excluding tert-OH is 1. The molecular formula is C35H46O14. The molecule has 0 amide bonds. The van der Waals surface area contributed by atoms with Gasteiger partial charge in [0.2, 0.25) is 23.1 Å². The summed E-state index contributed by atoms with van der Waals surface area (Å²) in [5, 5.41) is 53.5. The molecule has 0 radical (unpaired) electrons. The van der Waals surface area contributed by atoms with Crippen molar-refractivity contribution in [2.75, 3.05) is 0 Å². The number of hydrogen-bond acceptors (Lipinski definition) is 11. The number of allylic oxidation sites excluding steroid dienone is 1. The van der Waals surface area contributed by atoms with Crippen molar-refractivity contribution in [3.8, 4) is 0 Å². The quantitative estimate of drug-likeness (QED) is 0.0681. The third kappa shape index (κ3) is 7.88. The summed E-state index contributed by atoms with van der Waals surface area (Å²) in [5.74, 6) is -11.3. The largest absolute Gasteiger partial charge is 0.479 e. The molecule has 0 unspecified atom stereocenters. The van der Waals surface area contributed by atoms with Gasteiger partial charge in [0.1, 0.15) is 12.2 Å². The lowest BCUT2D eigenvalue weighted by atomic mass is 10.1. The van der Waals surface area contributed by atoms with Crippen LogP contribution in [0.2, 0.25) is 0 Å². The molecule has 2 aliphatic rings. The SMILES string of the molecule is C=[13C](C[13CH2][C@]12O[13C@H]([13C](=O)O)[13C@@](O)([13C](=O)O)[13C@](C(=O)O)(O1)[C@H](OC(=O)/[13CH]=C/[13C@@H](C)C[13C@@H](C)C[13CH3])[13C@H]2O)[C@@H](OC(C)=O)[13C@@H](C)Cc1ccccc1. The van der Waals surface area contributed by atoms with Gasteiger partial charge in [-0.1, -0.05) is 77.1 Å². The Hall–Kier alpha value is -4.11. The monoisotopic (exact) mass is 703 g/mol. The Balaban J connectivity index is 2.02. The van der Waals surface area contributed by atoms with Crippen LogP contribution in [0.25, 0.3) is 0 Å². The minimum absolute atomic E-state index is 0.123. The van der Waals surface area contributed by atoms with Gasteiger partial charge in [-0.05, 0) is 42.2 Å². The molecule has 0 aromatic heterocycles. The van der Waals surface area contributed by atoms with Crippen molar-refractivity contribution in [2.24, 2.45) is 17.8 Å². The molecule has 270 valence electrons. The number of carbonyl (C=O) groups excluding carboxylic acids is 2. The van der Waals surface area contributed by atoms with Gasteiger partial charge in [-0.2, -0.15) is 0 Å². The predicted molar refractivity (Wildman–Crippen MR) is 171 cm³/mol. The number of benzene rings is 1. The first-order valence-corrected chi connectivity index (χ1v) is 16.1. The van der Waals surface area contributed by atoms with Gasteiger partial charge in [-0.25, -0.2) is 19.2 Å². The third-order valence-corrected chi connectivity index (χ3v) is 9.29. The lowest BCUT2D eigenvalue weighted by Gasteiger charge is -2.48. The van der Waals surface area contributed by atoms with Gasteiger partial charge in [-0.15, -0.1) is 0 Å². The number of aliphatic hydroxyl groups is 2. The van der Waals surface area contributed by atoms with Crippen molar-refractivity contribution in [1.82, 2.24) is 0 Å². The third-order valence-electron chi connectivity index (χ3n) is 9.29. The number of ether oxygens (including phenoxy) is 4. The molecule has 0 saturated carbocycles. The standard InChI is InChI=1S/C35H46O14/c1-7-19(2)17-20(3)13-14-25(37)47-28-27(38)33(48-29(30(39)40)34(45,31(41)42)35(28,49-33)32(43)44)16-15-21(4)26(46-23(6)36)22(5)18-24-11-9-8-10-12-24/h8-14,19-20,22,26-29,38,45H,4,7,15-18H2,1-3,5-6H3,(H,39,40)(H,41,42)(H,43,44)/b14-13+/t19-,20+,22-,26+,27+,28+,29+,33-,34+,35-/m0/s1/i1+1,14+1,16+1,19+1,20+1,21+1,22+1,27+1,29+1,30+1,31+1,34+1,35+1. The summed E-state index contributed by atoms with van der Waals surface area (Å²) in [6, 6.07) is 9.29. The fourth-order valence-corrected chi connectivity index (χ4v) is 6.58. The molecule has 3 rings (SSSR count). The molecule has 0 aliphatic carbocycles. The van der Waals surface area contributed by atoms with Gasteiger partial charge >= 0.3 is 29.8 Å². The van der Waals surface area contributed by atoms with E-state index in [0.29, 0.717) is 18.8 Å². The van der Waals surface area contributed by atoms with Crippen LogP contribution in [0.3, 0.4) is 0 Å². The summed E-state index contributed by atoms with van der Waals surface area (Å²) in [6.45, 7) is 12.9. The molecule has 0 spiro atoms. The lowest BCUT2D eigenvalue weighted by Crippen LogP contribution is -2.78. The molecule has 2 fully saturated rings. The molecule has 49 heavy (non-hydrogen) atoms. The van der Waals surface area contributed by atoms with Crippen LogP contribution in [0.5, 0.6) is 0 Å². The number of rotatable bonds is 17. The second kappa shape index (κ2) is 15.6. The second-order valence-electron chi connectivity index (χ2n) is 13.1. The van der Waals surface area contributed by atoms with Crippen LogP contribution >= 0.6 is 0 Å². The van der Waals surface area contributed by atoms with Crippen LogP contribution in [-0.2, 0) is 49.3 Å². The first-order valence-electron chi connectivity index (χ1n) is 16.1. The maximum Gasteiger partial charge on any atom is 0.344 e. The Morgan fingerprint density at radius 1 is 1.04 bits per heavy atom.